The predicted octanol–water partition coefficient (Wildman–Crippen LogP) is 2.73. The molecule has 2 atom stereocenters. The van der Waals surface area contributed by atoms with Gasteiger partial charge >= 0.3 is 0 Å². The van der Waals surface area contributed by atoms with Crippen LogP contribution in [0.5, 0.6) is 0 Å². The van der Waals surface area contributed by atoms with E-state index in [-0.39, 0.29) is 24.0 Å². The molecule has 2 aliphatic rings. The fourth-order valence-electron chi connectivity index (χ4n) is 3.37. The molecule has 0 bridgehead atoms. The molecule has 2 unspecified atom stereocenters. The van der Waals surface area contributed by atoms with Crippen molar-refractivity contribution in [2.45, 2.75) is 39.5 Å². The number of fused-ring (bicyclic) bond motifs is 1. The van der Waals surface area contributed by atoms with E-state index in [1.165, 1.54) is 38.8 Å². The molecule has 0 amide bonds. The Morgan fingerprint density at radius 3 is 2.40 bits per heavy atom. The van der Waals surface area contributed by atoms with Crippen LogP contribution in [-0.4, -0.2) is 50.3 Å². The zero-order valence-electron chi connectivity index (χ0n) is 12.9. The molecule has 0 aromatic carbocycles. The fourth-order valence-corrected chi connectivity index (χ4v) is 3.37. The number of nitrogens with zero attached hydrogens (tertiary/aromatic N) is 2. The van der Waals surface area contributed by atoms with E-state index in [1.807, 2.05) is 6.92 Å². The molecule has 2 rings (SSSR count). The highest BCUT2D eigenvalue weighted by molar-refractivity contribution is 14.0. The minimum atomic E-state index is 0. The van der Waals surface area contributed by atoms with Gasteiger partial charge in [0.2, 0.25) is 0 Å². The molecule has 0 spiro atoms. The number of nitrogens with one attached hydrogen (secondary N) is 1. The molecular formula is C15H30IN3O. The molecular weight excluding hydrogens is 365 g/mol. The molecule has 0 aromatic heterocycles. The van der Waals surface area contributed by atoms with Crippen LogP contribution in [0, 0.1) is 11.8 Å². The van der Waals surface area contributed by atoms with Crippen LogP contribution in [-0.2, 0) is 4.74 Å². The first-order chi connectivity index (χ1) is 9.35. The van der Waals surface area contributed by atoms with Crippen molar-refractivity contribution in [1.82, 2.24) is 10.2 Å². The van der Waals surface area contributed by atoms with Crippen molar-refractivity contribution in [3.63, 3.8) is 0 Å². The lowest BCUT2D eigenvalue weighted by molar-refractivity contribution is 0.155. The summed E-state index contributed by atoms with van der Waals surface area (Å²) in [6.07, 6.45) is 5.68. The number of hydrogen-bond donors (Lipinski definition) is 1. The van der Waals surface area contributed by atoms with Crippen molar-refractivity contribution in [3.8, 4) is 0 Å². The maximum atomic E-state index is 5.37. The smallest absolute Gasteiger partial charge is 0.194 e. The number of hydrogen-bond acceptors (Lipinski definition) is 2. The molecule has 1 aliphatic carbocycles. The van der Waals surface area contributed by atoms with Crippen molar-refractivity contribution in [2.75, 3.05) is 39.4 Å². The quantitative estimate of drug-likeness (QED) is 0.337. The summed E-state index contributed by atoms with van der Waals surface area (Å²) in [7, 11) is 0. The minimum absolute atomic E-state index is 0. The Hall–Kier alpha value is -0.0400. The zero-order chi connectivity index (χ0) is 13.5. The zero-order valence-corrected chi connectivity index (χ0v) is 15.3. The molecule has 4 nitrogen and oxygen atoms in total. The summed E-state index contributed by atoms with van der Waals surface area (Å²) in [6, 6.07) is 0. The van der Waals surface area contributed by atoms with Crippen molar-refractivity contribution >= 4 is 29.9 Å². The van der Waals surface area contributed by atoms with Crippen LogP contribution in [0.25, 0.3) is 0 Å². The van der Waals surface area contributed by atoms with E-state index in [1.54, 1.807) is 0 Å². The van der Waals surface area contributed by atoms with Gasteiger partial charge < -0.3 is 15.0 Å². The lowest BCUT2D eigenvalue weighted by Gasteiger charge is -2.22. The first kappa shape index (κ1) is 18.0. The molecule has 5 heteroatoms. The Labute approximate surface area is 140 Å². The molecule has 1 saturated carbocycles. The van der Waals surface area contributed by atoms with Gasteiger partial charge in [0.05, 0.1) is 13.2 Å². The van der Waals surface area contributed by atoms with Gasteiger partial charge in [0.15, 0.2) is 5.96 Å². The second kappa shape index (κ2) is 9.82. The summed E-state index contributed by atoms with van der Waals surface area (Å²) < 4.78 is 5.37. The third kappa shape index (κ3) is 5.06. The Bertz CT molecular complexity index is 285. The van der Waals surface area contributed by atoms with Crippen LogP contribution in [0.4, 0.5) is 0 Å². The molecule has 118 valence electrons. The van der Waals surface area contributed by atoms with E-state index in [9.17, 15) is 0 Å². The number of halogens is 1. The summed E-state index contributed by atoms with van der Waals surface area (Å²) in [6.45, 7) is 9.78. The van der Waals surface area contributed by atoms with E-state index in [0.29, 0.717) is 0 Å². The van der Waals surface area contributed by atoms with Gasteiger partial charge in [-0.2, -0.15) is 0 Å². The van der Waals surface area contributed by atoms with Gasteiger partial charge in [-0.3, -0.25) is 4.99 Å². The average Bonchev–Trinajstić information content (AvgIpc) is 2.86. The molecule has 1 N–H and O–H groups in total. The topological polar surface area (TPSA) is 36.9 Å². The SMILES string of the molecule is CCNC(=NCCOCC)N1CC2CCCCC2C1.I. The number of ether oxygens (including phenoxy) is 1. The number of guanidine groups is 1. The molecule has 1 heterocycles. The highest BCUT2D eigenvalue weighted by Gasteiger charge is 2.35. The predicted molar refractivity (Wildman–Crippen MR) is 94.9 cm³/mol. The minimum Gasteiger partial charge on any atom is -0.380 e. The molecule has 1 aliphatic heterocycles. The van der Waals surface area contributed by atoms with Crippen molar-refractivity contribution in [1.29, 1.82) is 0 Å². The molecule has 0 aromatic rings. The average molecular weight is 395 g/mol. The van der Waals surface area contributed by atoms with Crippen LogP contribution < -0.4 is 5.32 Å². The first-order valence-corrected chi connectivity index (χ1v) is 7.96. The summed E-state index contributed by atoms with van der Waals surface area (Å²) in [5.74, 6) is 2.91. The van der Waals surface area contributed by atoms with Crippen LogP contribution >= 0.6 is 24.0 Å². The second-order valence-corrected chi connectivity index (χ2v) is 5.64. The maximum Gasteiger partial charge on any atom is 0.194 e. The van der Waals surface area contributed by atoms with Crippen LogP contribution in [0.3, 0.4) is 0 Å². The molecule has 2 fully saturated rings. The van der Waals surface area contributed by atoms with Gasteiger partial charge in [0, 0.05) is 26.2 Å². The van der Waals surface area contributed by atoms with E-state index in [0.717, 1.165) is 44.1 Å². The van der Waals surface area contributed by atoms with E-state index in [4.69, 9.17) is 9.73 Å². The van der Waals surface area contributed by atoms with Crippen molar-refractivity contribution < 1.29 is 4.74 Å². The lowest BCUT2D eigenvalue weighted by Crippen LogP contribution is -2.40. The van der Waals surface area contributed by atoms with Crippen molar-refractivity contribution in [2.24, 2.45) is 16.8 Å². The molecule has 0 radical (unpaired) electrons. The Morgan fingerprint density at radius 1 is 1.20 bits per heavy atom. The lowest BCUT2D eigenvalue weighted by atomic mass is 9.82. The van der Waals surface area contributed by atoms with E-state index in [2.05, 4.69) is 17.1 Å². The number of aliphatic imine (C=N–C) groups is 1. The van der Waals surface area contributed by atoms with Gasteiger partial charge in [-0.05, 0) is 38.5 Å². The monoisotopic (exact) mass is 395 g/mol. The number of likely N-dealkylation sites (tertiary alicyclic amines) is 1. The summed E-state index contributed by atoms with van der Waals surface area (Å²) in [5.41, 5.74) is 0. The summed E-state index contributed by atoms with van der Waals surface area (Å²) in [4.78, 5) is 7.17. The molecule has 1 saturated heterocycles. The fraction of sp³-hybridized carbons (Fsp3) is 0.933. The van der Waals surface area contributed by atoms with Gasteiger partial charge in [0.1, 0.15) is 0 Å². The van der Waals surface area contributed by atoms with Gasteiger partial charge in [-0.15, -0.1) is 24.0 Å². The van der Waals surface area contributed by atoms with Crippen LogP contribution in [0.15, 0.2) is 4.99 Å². The first-order valence-electron chi connectivity index (χ1n) is 7.96. The number of rotatable bonds is 5. The van der Waals surface area contributed by atoms with Gasteiger partial charge in [0.25, 0.3) is 0 Å². The van der Waals surface area contributed by atoms with Crippen LogP contribution in [0.1, 0.15) is 39.5 Å². The largest absolute Gasteiger partial charge is 0.380 e. The molecule has 20 heavy (non-hydrogen) atoms. The Balaban J connectivity index is 0.00000200. The highest BCUT2D eigenvalue weighted by atomic mass is 127. The maximum absolute atomic E-state index is 5.37. The van der Waals surface area contributed by atoms with Gasteiger partial charge in [-0.25, -0.2) is 0 Å². The third-order valence-corrected chi connectivity index (χ3v) is 4.31. The summed E-state index contributed by atoms with van der Waals surface area (Å²) in [5, 5.41) is 3.43. The summed E-state index contributed by atoms with van der Waals surface area (Å²) >= 11 is 0. The second-order valence-electron chi connectivity index (χ2n) is 5.64. The normalized spacial score (nSPS) is 26.1. The van der Waals surface area contributed by atoms with Crippen LogP contribution in [0.2, 0.25) is 0 Å². The van der Waals surface area contributed by atoms with Crippen molar-refractivity contribution in [3.05, 3.63) is 0 Å². The Morgan fingerprint density at radius 2 is 1.85 bits per heavy atom. The highest BCUT2D eigenvalue weighted by Crippen LogP contribution is 2.35. The third-order valence-electron chi connectivity index (χ3n) is 4.31. The van der Waals surface area contributed by atoms with E-state index >= 15 is 0 Å². The standard InChI is InChI=1S/C15H29N3O.HI/c1-3-16-15(17-9-10-19-4-2)18-11-13-7-5-6-8-14(13)12-18;/h13-14H,3-12H2,1-2H3,(H,16,17);1H. The van der Waals surface area contributed by atoms with E-state index < -0.39 is 0 Å². The Kier molecular flexibility index (Phi) is 8.84. The van der Waals surface area contributed by atoms with Gasteiger partial charge in [-0.1, -0.05) is 12.8 Å².